The maximum absolute atomic E-state index is 10.2. The summed E-state index contributed by atoms with van der Waals surface area (Å²) in [5, 5.41) is 15.2. The predicted octanol–water partition coefficient (Wildman–Crippen LogP) is 11.0. The molecule has 44 heavy (non-hydrogen) atoms. The van der Waals surface area contributed by atoms with E-state index in [4.69, 9.17) is 19.5 Å². The van der Waals surface area contributed by atoms with Crippen molar-refractivity contribution in [3.63, 3.8) is 0 Å². The van der Waals surface area contributed by atoms with Crippen LogP contribution in [0.1, 0.15) is 72.1 Å². The van der Waals surface area contributed by atoms with Crippen molar-refractivity contribution in [1.82, 2.24) is 0 Å². The normalized spacial score (nSPS) is 6.59. The van der Waals surface area contributed by atoms with Gasteiger partial charge >= 0.3 is 10.4 Å². The van der Waals surface area contributed by atoms with Gasteiger partial charge in [0.25, 0.3) is 0 Å². The van der Waals surface area contributed by atoms with Gasteiger partial charge in [-0.3, -0.25) is 4.55 Å². The van der Waals surface area contributed by atoms with E-state index in [-0.39, 0.29) is 19.8 Å². The first kappa shape index (κ1) is 83.7. The van der Waals surface area contributed by atoms with Crippen molar-refractivity contribution in [1.29, 1.82) is 0 Å². The van der Waals surface area contributed by atoms with Crippen molar-refractivity contribution in [3.05, 3.63) is 132 Å². The average molecular weight is 655 g/mol. The zero-order valence-electron chi connectivity index (χ0n) is 29.7. The molecule has 0 aliphatic rings. The molecular weight excluding hydrogens is 576 g/mol. The molecule has 0 aromatic carbocycles. The van der Waals surface area contributed by atoms with Crippen molar-refractivity contribution >= 4 is 10.4 Å². The first-order chi connectivity index (χ1) is 21.4. The van der Waals surface area contributed by atoms with Crippen LogP contribution in [-0.4, -0.2) is 56.2 Å². The summed E-state index contributed by atoms with van der Waals surface area (Å²) in [4.78, 5) is 0. The summed E-state index contributed by atoms with van der Waals surface area (Å²) in [6.45, 7) is 67.7. The lowest BCUT2D eigenvalue weighted by Crippen LogP contribution is -2.04. The number of aliphatic hydroxyl groups is 2. The lowest BCUT2D eigenvalue weighted by molar-refractivity contribution is 0.162. The monoisotopic (exact) mass is 655 g/mol. The van der Waals surface area contributed by atoms with E-state index in [1.54, 1.807) is 0 Å². The molecule has 0 aliphatic carbocycles. The summed E-state index contributed by atoms with van der Waals surface area (Å²) in [5.74, 6) is 0. The first-order valence-electron chi connectivity index (χ1n) is 13.8. The molecule has 0 rings (SSSR count). The van der Waals surface area contributed by atoms with Crippen LogP contribution in [0.2, 0.25) is 0 Å². The van der Waals surface area contributed by atoms with E-state index in [0.717, 1.165) is 26.1 Å². The Morgan fingerprint density at radius 3 is 0.841 bits per heavy atom. The molecule has 270 valence electrons. The van der Waals surface area contributed by atoms with Crippen LogP contribution in [0.25, 0.3) is 0 Å². The highest BCUT2D eigenvalue weighted by molar-refractivity contribution is 7.80. The second-order valence-electron chi connectivity index (χ2n) is 4.95. The van der Waals surface area contributed by atoms with E-state index in [9.17, 15) is 8.42 Å². The summed E-state index contributed by atoms with van der Waals surface area (Å²) < 4.78 is 37.6. The Bertz CT molecular complexity index is 397. The molecule has 0 radical (unpaired) electrons. The molecule has 0 atom stereocenters. The third kappa shape index (κ3) is 386. The summed E-state index contributed by atoms with van der Waals surface area (Å²) in [5.41, 5.74) is 0. The number of unbranched alkanes of at least 4 members (excludes halogenated alkanes) is 7. The smallest absolute Gasteiger partial charge is 0.394 e. The minimum atomic E-state index is -4.23. The van der Waals surface area contributed by atoms with Gasteiger partial charge in [-0.05, 0) is 20.3 Å². The topological polar surface area (TPSA) is 113 Å². The lowest BCUT2D eigenvalue weighted by atomic mass is 10.1. The van der Waals surface area contributed by atoms with Crippen LogP contribution >= 0.6 is 0 Å². The van der Waals surface area contributed by atoms with Crippen molar-refractivity contribution < 1.29 is 32.1 Å². The van der Waals surface area contributed by atoms with E-state index >= 15 is 0 Å². The fraction of sp³-hybridized carbons (Fsp3) is 0.444. The van der Waals surface area contributed by atoms with E-state index in [0.29, 0.717) is 6.42 Å². The molecule has 0 aliphatic heterocycles. The average Bonchev–Trinajstić information content (AvgIpc) is 3.13. The number of hydrogen-bond donors (Lipinski definition) is 3. The Hall–Kier alpha value is -2.85. The van der Waals surface area contributed by atoms with E-state index in [1.807, 2.05) is 13.8 Å². The third-order valence-corrected chi connectivity index (χ3v) is 3.20. The van der Waals surface area contributed by atoms with Gasteiger partial charge in [0.1, 0.15) is 0 Å². The first-order valence-corrected chi connectivity index (χ1v) is 15.2. The molecule has 8 heteroatoms. The molecule has 0 aromatic rings. The third-order valence-electron chi connectivity index (χ3n) is 2.74. The van der Waals surface area contributed by atoms with Crippen molar-refractivity contribution in [2.45, 2.75) is 72.1 Å². The highest BCUT2D eigenvalue weighted by atomic mass is 32.3. The molecule has 0 aromatic heterocycles. The minimum Gasteiger partial charge on any atom is -0.394 e. The predicted molar refractivity (Wildman–Crippen MR) is 209 cm³/mol. The standard InChI is InChI=1S/C10H22O4S.C4H10O.C2H6O2.10C2H4/c1-2-3-4-5-6-7-8-9-10-14-15(11,12)13;1-3-5-4-2;3-1-2-4;10*1-2/h2-10H2,1H3,(H,11,12,13);3-4H2,1-2H3;3-4H,1-2H2;10*1-2H2. The molecule has 0 fully saturated rings. The van der Waals surface area contributed by atoms with Gasteiger partial charge in [-0.1, -0.05) is 51.9 Å². The van der Waals surface area contributed by atoms with Gasteiger partial charge in [-0.15, -0.1) is 132 Å². The Balaban J connectivity index is -0.0000000253. The quantitative estimate of drug-likeness (QED) is 0.103. The fourth-order valence-corrected chi connectivity index (χ4v) is 1.93. The Morgan fingerprint density at radius 2 is 0.682 bits per heavy atom. The second-order valence-corrected chi connectivity index (χ2v) is 6.04. The van der Waals surface area contributed by atoms with Gasteiger partial charge in [-0.25, -0.2) is 4.18 Å². The maximum Gasteiger partial charge on any atom is 0.397 e. The lowest BCUT2D eigenvalue weighted by Gasteiger charge is -2.01. The SMILES string of the molecule is C=C.C=C.C=C.C=C.C=C.C=C.C=C.C=C.C=C.C=C.CCCCCCCCCCOS(=O)(=O)O.CCOCC.OCCO. The summed E-state index contributed by atoms with van der Waals surface area (Å²) in [6.07, 6.45) is 9.05. The van der Waals surface area contributed by atoms with Crippen molar-refractivity contribution in [2.75, 3.05) is 33.0 Å². The number of rotatable bonds is 13. The summed E-state index contributed by atoms with van der Waals surface area (Å²) in [6, 6.07) is 0. The van der Waals surface area contributed by atoms with Crippen molar-refractivity contribution in [3.8, 4) is 0 Å². The molecular formula is C36H78O7S. The van der Waals surface area contributed by atoms with Crippen LogP contribution in [0.15, 0.2) is 132 Å². The minimum absolute atomic E-state index is 0.0911. The second kappa shape index (κ2) is 187. The van der Waals surface area contributed by atoms with Crippen LogP contribution < -0.4 is 0 Å². The van der Waals surface area contributed by atoms with Crippen LogP contribution in [0.5, 0.6) is 0 Å². The molecule has 0 unspecified atom stereocenters. The number of hydrogen-bond acceptors (Lipinski definition) is 6. The van der Waals surface area contributed by atoms with Gasteiger partial charge in [0.05, 0.1) is 19.8 Å². The molecule has 7 nitrogen and oxygen atoms in total. The molecule has 3 N–H and O–H groups in total. The molecule has 0 amide bonds. The van der Waals surface area contributed by atoms with Crippen LogP contribution in [0.4, 0.5) is 0 Å². The Labute approximate surface area is 278 Å². The highest BCUT2D eigenvalue weighted by Gasteiger charge is 2.02. The number of aliphatic hydroxyl groups excluding tert-OH is 2. The fourth-order valence-electron chi connectivity index (χ4n) is 1.60. The van der Waals surface area contributed by atoms with Gasteiger partial charge in [0, 0.05) is 13.2 Å². The molecule has 0 spiro atoms. The van der Waals surface area contributed by atoms with Crippen LogP contribution in [0, 0.1) is 0 Å². The van der Waals surface area contributed by atoms with Gasteiger partial charge in [0.15, 0.2) is 0 Å². The van der Waals surface area contributed by atoms with E-state index in [2.05, 4.69) is 143 Å². The zero-order chi connectivity index (χ0) is 39.1. The zero-order valence-corrected chi connectivity index (χ0v) is 30.5. The van der Waals surface area contributed by atoms with Crippen LogP contribution in [0.3, 0.4) is 0 Å². The van der Waals surface area contributed by atoms with Gasteiger partial charge in [-0.2, -0.15) is 8.42 Å². The van der Waals surface area contributed by atoms with E-state index in [1.165, 1.54) is 32.1 Å². The largest absolute Gasteiger partial charge is 0.397 e. The summed E-state index contributed by atoms with van der Waals surface area (Å²) >= 11 is 0. The van der Waals surface area contributed by atoms with Gasteiger partial charge in [0.2, 0.25) is 0 Å². The highest BCUT2D eigenvalue weighted by Crippen LogP contribution is 2.08. The van der Waals surface area contributed by atoms with Crippen LogP contribution in [-0.2, 0) is 19.3 Å². The molecule has 0 heterocycles. The van der Waals surface area contributed by atoms with Gasteiger partial charge < -0.3 is 14.9 Å². The van der Waals surface area contributed by atoms with Crippen molar-refractivity contribution in [2.24, 2.45) is 0 Å². The molecule has 0 bridgehead atoms. The Morgan fingerprint density at radius 1 is 0.455 bits per heavy atom. The summed E-state index contributed by atoms with van der Waals surface area (Å²) in [7, 11) is -4.23. The molecule has 0 saturated carbocycles. The number of ether oxygens (including phenoxy) is 1. The molecule has 0 saturated heterocycles. The Kier molecular flexibility index (Phi) is 355. The van der Waals surface area contributed by atoms with E-state index < -0.39 is 10.4 Å². The maximum atomic E-state index is 10.2.